The minimum atomic E-state index is -3.64. The van der Waals surface area contributed by atoms with E-state index < -0.39 is 10.0 Å². The van der Waals surface area contributed by atoms with Crippen molar-refractivity contribution in [1.29, 1.82) is 0 Å². The molecule has 7 heteroatoms. The average molecular weight is 461 g/mol. The van der Waals surface area contributed by atoms with Crippen LogP contribution in [0.5, 0.6) is 0 Å². The van der Waals surface area contributed by atoms with E-state index in [-0.39, 0.29) is 29.3 Å². The van der Waals surface area contributed by atoms with Gasteiger partial charge in [-0.1, -0.05) is 29.8 Å². The fraction of sp³-hybridized carbons (Fsp3) is 0.458. The molecule has 31 heavy (non-hydrogen) atoms. The molecule has 2 aromatic carbocycles. The molecule has 2 aliphatic rings. The maximum atomic E-state index is 13.0. The van der Waals surface area contributed by atoms with Crippen molar-refractivity contribution in [3.05, 3.63) is 64.2 Å². The second-order valence-electron chi connectivity index (χ2n) is 8.62. The lowest BCUT2D eigenvalue weighted by Gasteiger charge is -2.32. The summed E-state index contributed by atoms with van der Waals surface area (Å²) in [5.74, 6) is -0.433. The highest BCUT2D eigenvalue weighted by Crippen LogP contribution is 2.27. The molecule has 1 N–H and O–H groups in total. The summed E-state index contributed by atoms with van der Waals surface area (Å²) in [5.41, 5.74) is 3.92. The summed E-state index contributed by atoms with van der Waals surface area (Å²) in [4.78, 5) is 13.2. The lowest BCUT2D eigenvalue weighted by atomic mass is 9.89. The molecule has 1 amide bonds. The third-order valence-corrected chi connectivity index (χ3v) is 8.57. The molecule has 0 spiro atoms. The van der Waals surface area contributed by atoms with E-state index >= 15 is 0 Å². The first kappa shape index (κ1) is 22.3. The Labute approximate surface area is 189 Å². The number of fused-ring (bicyclic) bond motifs is 1. The summed E-state index contributed by atoms with van der Waals surface area (Å²) in [6, 6.07) is 12.6. The third kappa shape index (κ3) is 4.97. The minimum absolute atomic E-state index is 0.0822. The molecule has 2 aromatic rings. The molecule has 0 unspecified atom stereocenters. The van der Waals surface area contributed by atoms with Gasteiger partial charge in [-0.25, -0.2) is 8.42 Å². The number of hydrogen-bond donors (Lipinski definition) is 1. The van der Waals surface area contributed by atoms with Gasteiger partial charge in [-0.2, -0.15) is 4.31 Å². The largest absolute Gasteiger partial charge is 0.349 e. The molecule has 1 aliphatic carbocycles. The van der Waals surface area contributed by atoms with Crippen LogP contribution in [0.25, 0.3) is 0 Å². The molecule has 4 rings (SSSR count). The van der Waals surface area contributed by atoms with E-state index in [1.54, 1.807) is 12.1 Å². The number of carbonyl (C=O) groups is 1. The van der Waals surface area contributed by atoms with Crippen LogP contribution in [0.15, 0.2) is 47.4 Å². The lowest BCUT2D eigenvalue weighted by Crippen LogP contribution is -2.45. The summed E-state index contributed by atoms with van der Waals surface area (Å²) < 4.78 is 27.4. The van der Waals surface area contributed by atoms with Gasteiger partial charge in [0, 0.05) is 18.1 Å². The van der Waals surface area contributed by atoms with Gasteiger partial charge in [0.05, 0.1) is 16.9 Å². The molecular weight excluding hydrogens is 432 g/mol. The Kier molecular flexibility index (Phi) is 6.70. The summed E-state index contributed by atoms with van der Waals surface area (Å²) in [6.45, 7) is 2.62. The Bertz CT molecular complexity index is 1050. The molecule has 1 heterocycles. The maximum absolute atomic E-state index is 13.0. The van der Waals surface area contributed by atoms with E-state index in [1.807, 2.05) is 6.92 Å². The van der Waals surface area contributed by atoms with Gasteiger partial charge in [0.2, 0.25) is 15.9 Å². The van der Waals surface area contributed by atoms with Gasteiger partial charge >= 0.3 is 0 Å². The standard InChI is InChI=1S/C24H29ClN2O3S/c1-17(19-9-8-18-5-2-3-6-20(18)15-19)26-24(28)21-7-4-14-27(16-21)31(29,30)23-12-10-22(25)11-13-23/h8-13,15,17,21H,2-7,14,16H2,1H3,(H,26,28)/t17-,21-/m0/s1. The molecule has 2 atom stereocenters. The first-order valence-electron chi connectivity index (χ1n) is 11.0. The van der Waals surface area contributed by atoms with Crippen LogP contribution in [0, 0.1) is 5.92 Å². The van der Waals surface area contributed by atoms with Crippen LogP contribution in [-0.2, 0) is 27.7 Å². The molecule has 0 aromatic heterocycles. The highest BCUT2D eigenvalue weighted by molar-refractivity contribution is 7.89. The number of sulfonamides is 1. The van der Waals surface area contributed by atoms with Crippen molar-refractivity contribution in [1.82, 2.24) is 9.62 Å². The fourth-order valence-electron chi connectivity index (χ4n) is 4.57. The van der Waals surface area contributed by atoms with Crippen molar-refractivity contribution in [2.24, 2.45) is 5.92 Å². The fourth-order valence-corrected chi connectivity index (χ4v) is 6.22. The number of piperidine rings is 1. The van der Waals surface area contributed by atoms with Gasteiger partial charge in [-0.05, 0) is 86.4 Å². The SMILES string of the molecule is C[C@H](NC(=O)[C@H]1CCCN(S(=O)(=O)c2ccc(Cl)cc2)C1)c1ccc2c(c1)CCCC2. The second-order valence-corrected chi connectivity index (χ2v) is 11.0. The molecule has 0 saturated carbocycles. The van der Waals surface area contributed by atoms with Gasteiger partial charge in [0.25, 0.3) is 0 Å². The lowest BCUT2D eigenvalue weighted by molar-refractivity contribution is -0.126. The number of rotatable bonds is 5. The van der Waals surface area contributed by atoms with Crippen LogP contribution in [-0.4, -0.2) is 31.7 Å². The number of nitrogens with one attached hydrogen (secondary N) is 1. The predicted molar refractivity (Wildman–Crippen MR) is 123 cm³/mol. The number of amides is 1. The molecule has 5 nitrogen and oxygen atoms in total. The average Bonchev–Trinajstić information content (AvgIpc) is 2.79. The van der Waals surface area contributed by atoms with Crippen LogP contribution in [0.4, 0.5) is 0 Å². The maximum Gasteiger partial charge on any atom is 0.243 e. The second kappa shape index (κ2) is 9.31. The third-order valence-electron chi connectivity index (χ3n) is 6.44. The summed E-state index contributed by atoms with van der Waals surface area (Å²) in [6.07, 6.45) is 6.06. The molecule has 1 saturated heterocycles. The van der Waals surface area contributed by atoms with E-state index in [9.17, 15) is 13.2 Å². The van der Waals surface area contributed by atoms with Crippen molar-refractivity contribution in [3.8, 4) is 0 Å². The number of nitrogens with zero attached hydrogens (tertiary/aromatic N) is 1. The van der Waals surface area contributed by atoms with E-state index in [0.29, 0.717) is 24.4 Å². The summed E-state index contributed by atoms with van der Waals surface area (Å²) in [5, 5.41) is 3.61. The van der Waals surface area contributed by atoms with E-state index in [0.717, 1.165) is 18.4 Å². The molecular formula is C24H29ClN2O3S. The highest BCUT2D eigenvalue weighted by Gasteiger charge is 2.33. The Balaban J connectivity index is 1.42. The summed E-state index contributed by atoms with van der Waals surface area (Å²) >= 11 is 5.89. The Morgan fingerprint density at radius 2 is 1.77 bits per heavy atom. The Morgan fingerprint density at radius 1 is 1.06 bits per heavy atom. The van der Waals surface area contributed by atoms with Crippen molar-refractivity contribution in [2.45, 2.75) is 56.4 Å². The van der Waals surface area contributed by atoms with Crippen LogP contribution < -0.4 is 5.32 Å². The molecule has 1 aliphatic heterocycles. The zero-order chi connectivity index (χ0) is 22.0. The number of hydrogen-bond acceptors (Lipinski definition) is 3. The predicted octanol–water partition coefficient (Wildman–Crippen LogP) is 4.50. The number of benzene rings is 2. The zero-order valence-electron chi connectivity index (χ0n) is 17.8. The normalized spacial score (nSPS) is 20.6. The first-order chi connectivity index (χ1) is 14.8. The van der Waals surface area contributed by atoms with E-state index in [4.69, 9.17) is 11.6 Å². The number of halogens is 1. The first-order valence-corrected chi connectivity index (χ1v) is 12.8. The van der Waals surface area contributed by atoms with E-state index in [1.165, 1.54) is 40.4 Å². The zero-order valence-corrected chi connectivity index (χ0v) is 19.4. The highest BCUT2D eigenvalue weighted by atomic mass is 35.5. The van der Waals surface area contributed by atoms with Crippen LogP contribution >= 0.6 is 11.6 Å². The van der Waals surface area contributed by atoms with Crippen LogP contribution in [0.1, 0.15) is 55.3 Å². The number of aryl methyl sites for hydroxylation is 2. The van der Waals surface area contributed by atoms with E-state index in [2.05, 4.69) is 23.5 Å². The monoisotopic (exact) mass is 460 g/mol. The van der Waals surface area contributed by atoms with Gasteiger partial charge in [0.15, 0.2) is 0 Å². The van der Waals surface area contributed by atoms with Crippen LogP contribution in [0.2, 0.25) is 5.02 Å². The Morgan fingerprint density at radius 3 is 2.52 bits per heavy atom. The van der Waals surface area contributed by atoms with Crippen molar-refractivity contribution in [2.75, 3.05) is 13.1 Å². The molecule has 166 valence electrons. The van der Waals surface area contributed by atoms with Crippen LogP contribution in [0.3, 0.4) is 0 Å². The number of carbonyl (C=O) groups excluding carboxylic acids is 1. The van der Waals surface area contributed by atoms with Gasteiger partial charge in [-0.3, -0.25) is 4.79 Å². The summed E-state index contributed by atoms with van der Waals surface area (Å²) in [7, 11) is -3.64. The minimum Gasteiger partial charge on any atom is -0.349 e. The molecule has 0 radical (unpaired) electrons. The molecule has 0 bridgehead atoms. The van der Waals surface area contributed by atoms with Gasteiger partial charge in [-0.15, -0.1) is 0 Å². The van der Waals surface area contributed by atoms with Gasteiger partial charge in [0.1, 0.15) is 0 Å². The van der Waals surface area contributed by atoms with Crippen molar-refractivity contribution in [3.63, 3.8) is 0 Å². The molecule has 1 fully saturated rings. The quantitative estimate of drug-likeness (QED) is 0.714. The van der Waals surface area contributed by atoms with Gasteiger partial charge < -0.3 is 5.32 Å². The smallest absolute Gasteiger partial charge is 0.243 e. The topological polar surface area (TPSA) is 66.5 Å². The Hall–Kier alpha value is -1.89. The van der Waals surface area contributed by atoms with Crippen molar-refractivity contribution < 1.29 is 13.2 Å². The van der Waals surface area contributed by atoms with Crippen molar-refractivity contribution >= 4 is 27.5 Å².